The average molecular weight is 569 g/mol. The van der Waals surface area contributed by atoms with Crippen LogP contribution in [0.2, 0.25) is 0 Å². The van der Waals surface area contributed by atoms with Gasteiger partial charge in [0.1, 0.15) is 0 Å². The highest BCUT2D eigenvalue weighted by molar-refractivity contribution is 7.07. The molecule has 1 N–H and O–H groups in total. The van der Waals surface area contributed by atoms with E-state index in [0.717, 1.165) is 0 Å². The van der Waals surface area contributed by atoms with E-state index >= 15 is 0 Å². The van der Waals surface area contributed by atoms with E-state index in [1.54, 1.807) is 50.3 Å². The van der Waals surface area contributed by atoms with E-state index in [2.05, 4.69) is 4.99 Å². The van der Waals surface area contributed by atoms with Crippen LogP contribution in [0.1, 0.15) is 44.9 Å². The average Bonchev–Trinajstić information content (AvgIpc) is 3.22. The maximum Gasteiger partial charge on any atom is 0.338 e. The van der Waals surface area contributed by atoms with Gasteiger partial charge in [0.2, 0.25) is 5.75 Å². The molecule has 11 heteroatoms. The van der Waals surface area contributed by atoms with Crippen molar-refractivity contribution in [2.24, 2.45) is 4.99 Å². The Balaban J connectivity index is 1.95. The molecule has 0 fully saturated rings. The molecule has 0 aliphatic carbocycles. The molecule has 40 heavy (non-hydrogen) atoms. The van der Waals surface area contributed by atoms with Crippen LogP contribution < -0.4 is 33.8 Å². The molecular formula is C29H32N2O8S. The molecule has 212 valence electrons. The fraction of sp³-hybridized carbons (Fsp3) is 0.345. The summed E-state index contributed by atoms with van der Waals surface area (Å²) in [5, 5.41) is 10.3. The number of fused-ring (bicyclic) bond motifs is 1. The number of esters is 1. The molecule has 4 rings (SSSR count). The molecule has 0 unspecified atom stereocenters. The highest BCUT2D eigenvalue weighted by Gasteiger charge is 2.34. The van der Waals surface area contributed by atoms with Crippen molar-refractivity contribution in [3.05, 3.63) is 72.4 Å². The van der Waals surface area contributed by atoms with Gasteiger partial charge in [0, 0.05) is 0 Å². The third-order valence-corrected chi connectivity index (χ3v) is 7.17. The van der Waals surface area contributed by atoms with E-state index in [0.29, 0.717) is 37.7 Å². The molecule has 2 heterocycles. The number of hydrogen-bond acceptors (Lipinski definition) is 10. The molecule has 1 aliphatic heterocycles. The van der Waals surface area contributed by atoms with Crippen molar-refractivity contribution in [1.29, 1.82) is 0 Å². The second-order valence-electron chi connectivity index (χ2n) is 9.15. The van der Waals surface area contributed by atoms with Crippen LogP contribution in [0.25, 0.3) is 6.08 Å². The molecule has 2 aromatic carbocycles. The summed E-state index contributed by atoms with van der Waals surface area (Å²) >= 11 is 1.18. The predicted octanol–water partition coefficient (Wildman–Crippen LogP) is 3.32. The molecule has 1 aromatic heterocycles. The minimum absolute atomic E-state index is 0.0770. The Hall–Kier alpha value is -4.25. The number of rotatable bonds is 9. The number of benzene rings is 2. The minimum Gasteiger partial charge on any atom is -0.502 e. The first kappa shape index (κ1) is 28.8. The second kappa shape index (κ2) is 11.9. The van der Waals surface area contributed by atoms with E-state index in [4.69, 9.17) is 23.7 Å². The van der Waals surface area contributed by atoms with Crippen LogP contribution in [-0.4, -0.2) is 49.7 Å². The Labute approximate surface area is 235 Å². The van der Waals surface area contributed by atoms with Crippen molar-refractivity contribution in [1.82, 2.24) is 4.57 Å². The smallest absolute Gasteiger partial charge is 0.338 e. The molecule has 0 bridgehead atoms. The third-order valence-electron chi connectivity index (χ3n) is 6.18. The Morgan fingerprint density at radius 3 is 2.30 bits per heavy atom. The molecule has 1 aliphatic rings. The number of carbonyl (C=O) groups excluding carboxylic acids is 1. The second-order valence-corrected chi connectivity index (χ2v) is 10.2. The first-order valence-corrected chi connectivity index (χ1v) is 13.4. The SMILES string of the molecule is CCOC(=O)C1=C(C)N=c2s/c(=C\c3cc(OC)c(O)c(OC)c3)c(=O)n2[C@H]1c1ccc(OC(C)C)c(OC)c1. The predicted molar refractivity (Wildman–Crippen MR) is 150 cm³/mol. The van der Waals surface area contributed by atoms with Crippen LogP contribution in [-0.2, 0) is 9.53 Å². The first-order chi connectivity index (χ1) is 19.1. The van der Waals surface area contributed by atoms with Crippen LogP contribution >= 0.6 is 11.3 Å². The number of thiazole rings is 1. The number of nitrogens with zero attached hydrogens (tertiary/aromatic N) is 2. The number of allylic oxidation sites excluding steroid dienone is 1. The molecule has 0 saturated carbocycles. The zero-order valence-corrected chi connectivity index (χ0v) is 24.3. The van der Waals surface area contributed by atoms with E-state index in [1.807, 2.05) is 13.8 Å². The number of aromatic nitrogens is 1. The van der Waals surface area contributed by atoms with Gasteiger partial charge in [-0.25, -0.2) is 9.79 Å². The van der Waals surface area contributed by atoms with Crippen LogP contribution in [0.4, 0.5) is 0 Å². The molecule has 10 nitrogen and oxygen atoms in total. The zero-order chi connectivity index (χ0) is 29.1. The van der Waals surface area contributed by atoms with E-state index in [1.165, 1.54) is 37.2 Å². The number of ether oxygens (including phenoxy) is 5. The topological polar surface area (TPSA) is 118 Å². The lowest BCUT2D eigenvalue weighted by molar-refractivity contribution is -0.139. The maximum absolute atomic E-state index is 13.9. The van der Waals surface area contributed by atoms with E-state index in [9.17, 15) is 14.7 Å². The normalized spacial score (nSPS) is 15.0. The summed E-state index contributed by atoms with van der Waals surface area (Å²) < 4.78 is 29.2. The molecule has 0 spiro atoms. The van der Waals surface area contributed by atoms with Crippen molar-refractivity contribution in [2.45, 2.75) is 39.8 Å². The van der Waals surface area contributed by atoms with Gasteiger partial charge in [-0.3, -0.25) is 9.36 Å². The van der Waals surface area contributed by atoms with Gasteiger partial charge in [0.25, 0.3) is 5.56 Å². The lowest BCUT2D eigenvalue weighted by Gasteiger charge is -2.25. The van der Waals surface area contributed by atoms with Crippen LogP contribution in [0, 0.1) is 0 Å². The van der Waals surface area contributed by atoms with Gasteiger partial charge < -0.3 is 28.8 Å². The highest BCUT2D eigenvalue weighted by Crippen LogP contribution is 2.38. The number of carbonyl (C=O) groups is 1. The van der Waals surface area contributed by atoms with Gasteiger partial charge in [0.05, 0.1) is 55.9 Å². The van der Waals surface area contributed by atoms with E-state index < -0.39 is 12.0 Å². The van der Waals surface area contributed by atoms with Gasteiger partial charge in [0.15, 0.2) is 27.8 Å². The minimum atomic E-state index is -0.816. The number of phenolic OH excluding ortho intramolecular Hbond substituents is 1. The third kappa shape index (κ3) is 5.42. The van der Waals surface area contributed by atoms with Crippen molar-refractivity contribution in [3.8, 4) is 28.7 Å². The Morgan fingerprint density at radius 2 is 1.73 bits per heavy atom. The molecular weight excluding hydrogens is 536 g/mol. The summed E-state index contributed by atoms with van der Waals surface area (Å²) in [4.78, 5) is 32.1. The lowest BCUT2D eigenvalue weighted by Crippen LogP contribution is -2.40. The van der Waals surface area contributed by atoms with Gasteiger partial charge in [-0.05, 0) is 69.2 Å². The molecule has 3 aromatic rings. The summed E-state index contributed by atoms with van der Waals surface area (Å²) in [6, 6.07) is 7.70. The summed E-state index contributed by atoms with van der Waals surface area (Å²) in [6.45, 7) is 7.44. The standard InChI is InChI=1S/C29H32N2O8S/c1-8-38-28(34)24-16(4)30-29-31(25(24)18-9-10-19(39-15(2)3)20(14-18)35-5)27(33)23(40-29)13-17-11-21(36-6)26(32)22(12-17)37-7/h9-15,25,32H,8H2,1-7H3/b23-13-/t25-/m0/s1. The highest BCUT2D eigenvalue weighted by atomic mass is 32.1. The molecule has 0 amide bonds. The van der Waals surface area contributed by atoms with Gasteiger partial charge >= 0.3 is 5.97 Å². The molecule has 0 radical (unpaired) electrons. The molecule has 0 saturated heterocycles. The zero-order valence-electron chi connectivity index (χ0n) is 23.4. The van der Waals surface area contributed by atoms with Crippen molar-refractivity contribution < 1.29 is 33.6 Å². The fourth-order valence-corrected chi connectivity index (χ4v) is 5.51. The fourth-order valence-electron chi connectivity index (χ4n) is 4.46. The van der Waals surface area contributed by atoms with Gasteiger partial charge in [-0.2, -0.15) is 0 Å². The quantitative estimate of drug-likeness (QED) is 0.391. The summed E-state index contributed by atoms with van der Waals surface area (Å²) in [6.07, 6.45) is 1.58. The largest absolute Gasteiger partial charge is 0.502 e. The Kier molecular flexibility index (Phi) is 8.53. The number of hydrogen-bond donors (Lipinski definition) is 1. The summed E-state index contributed by atoms with van der Waals surface area (Å²) in [5.74, 6) is 0.714. The van der Waals surface area contributed by atoms with Crippen molar-refractivity contribution in [3.63, 3.8) is 0 Å². The van der Waals surface area contributed by atoms with E-state index in [-0.39, 0.29) is 41.1 Å². The number of methoxy groups -OCH3 is 3. The van der Waals surface area contributed by atoms with Crippen LogP contribution in [0.15, 0.2) is 51.4 Å². The lowest BCUT2D eigenvalue weighted by atomic mass is 9.95. The van der Waals surface area contributed by atoms with Crippen molar-refractivity contribution >= 4 is 23.4 Å². The summed E-state index contributed by atoms with van der Waals surface area (Å²) in [5.41, 5.74) is 1.56. The monoisotopic (exact) mass is 568 g/mol. The maximum atomic E-state index is 13.9. The Bertz CT molecular complexity index is 1630. The van der Waals surface area contributed by atoms with Gasteiger partial charge in [-0.15, -0.1) is 0 Å². The van der Waals surface area contributed by atoms with Crippen molar-refractivity contribution in [2.75, 3.05) is 27.9 Å². The molecule has 1 atom stereocenters. The Morgan fingerprint density at radius 1 is 1.07 bits per heavy atom. The van der Waals surface area contributed by atoms with Crippen LogP contribution in [0.3, 0.4) is 0 Å². The number of phenols is 1. The van der Waals surface area contributed by atoms with Gasteiger partial charge in [-0.1, -0.05) is 17.4 Å². The number of aromatic hydroxyl groups is 1. The first-order valence-electron chi connectivity index (χ1n) is 12.6. The summed E-state index contributed by atoms with van der Waals surface area (Å²) in [7, 11) is 4.39. The van der Waals surface area contributed by atoms with Crippen LogP contribution in [0.5, 0.6) is 28.7 Å².